The van der Waals surface area contributed by atoms with Crippen LogP contribution in [0.5, 0.6) is 5.75 Å². The Hall–Kier alpha value is -2.03. The lowest BCUT2D eigenvalue weighted by atomic mass is 10.0. The van der Waals surface area contributed by atoms with Crippen LogP contribution in [-0.4, -0.2) is 49.8 Å². The van der Waals surface area contributed by atoms with Crippen molar-refractivity contribution in [2.24, 2.45) is 0 Å². The van der Waals surface area contributed by atoms with E-state index in [9.17, 15) is 9.59 Å². The molecule has 0 aliphatic carbocycles. The number of esters is 1. The zero-order valence-electron chi connectivity index (χ0n) is 17.7. The van der Waals surface area contributed by atoms with Crippen LogP contribution in [0, 0.1) is 0 Å². The third kappa shape index (κ3) is 5.56. The number of thioether (sulfide) groups is 1. The Morgan fingerprint density at radius 2 is 2.00 bits per heavy atom. The molecule has 0 radical (unpaired) electrons. The number of anilines is 1. The molecule has 1 aromatic carbocycles. The van der Waals surface area contributed by atoms with E-state index in [4.69, 9.17) is 9.47 Å². The van der Waals surface area contributed by atoms with Gasteiger partial charge in [0.25, 0.3) is 0 Å². The smallest absolute Gasteiger partial charge is 0.341 e. The van der Waals surface area contributed by atoms with Gasteiger partial charge in [-0.1, -0.05) is 6.92 Å². The average Bonchev–Trinajstić information content (AvgIpc) is 3.10. The number of hydrogen-bond acceptors (Lipinski definition) is 7. The maximum atomic E-state index is 12.5. The van der Waals surface area contributed by atoms with E-state index in [1.54, 1.807) is 18.9 Å². The van der Waals surface area contributed by atoms with Gasteiger partial charge in [0, 0.05) is 35.0 Å². The van der Waals surface area contributed by atoms with Gasteiger partial charge in [-0.3, -0.25) is 9.69 Å². The lowest BCUT2D eigenvalue weighted by Crippen LogP contribution is -2.30. The van der Waals surface area contributed by atoms with Crippen LogP contribution in [0.15, 0.2) is 29.2 Å². The number of carbonyl (C=O) groups is 2. The molecule has 1 aliphatic rings. The standard InChI is InChI=1S/C22H28N2O4S2/c1-4-11-24-12-9-17-18(14-24)30-21(20(17)22(26)28-3)23-19(25)10-13-29-16-7-5-15(27-2)6-8-16/h5-8H,4,9-14H2,1-3H3,(H,23,25). The van der Waals surface area contributed by atoms with E-state index in [1.807, 2.05) is 24.3 Å². The second kappa shape index (κ2) is 10.8. The number of ether oxygens (including phenoxy) is 2. The fourth-order valence-electron chi connectivity index (χ4n) is 3.49. The molecule has 3 rings (SSSR count). The van der Waals surface area contributed by atoms with Gasteiger partial charge in [-0.2, -0.15) is 0 Å². The van der Waals surface area contributed by atoms with Crippen LogP contribution in [-0.2, 0) is 22.5 Å². The molecule has 0 atom stereocenters. The highest BCUT2D eigenvalue weighted by atomic mass is 32.2. The van der Waals surface area contributed by atoms with Gasteiger partial charge >= 0.3 is 5.97 Å². The zero-order chi connectivity index (χ0) is 21.5. The maximum Gasteiger partial charge on any atom is 0.341 e. The topological polar surface area (TPSA) is 67.9 Å². The van der Waals surface area contributed by atoms with Gasteiger partial charge in [0.15, 0.2) is 0 Å². The monoisotopic (exact) mass is 448 g/mol. The molecule has 6 nitrogen and oxygen atoms in total. The number of fused-ring (bicyclic) bond motifs is 1. The van der Waals surface area contributed by atoms with Crippen LogP contribution < -0.4 is 10.1 Å². The van der Waals surface area contributed by atoms with Crippen LogP contribution in [0.4, 0.5) is 5.00 Å². The summed E-state index contributed by atoms with van der Waals surface area (Å²) in [6.07, 6.45) is 2.27. The number of nitrogens with zero attached hydrogens (tertiary/aromatic N) is 1. The normalized spacial score (nSPS) is 13.6. The molecule has 1 aromatic heterocycles. The molecule has 0 saturated carbocycles. The molecule has 1 aliphatic heterocycles. The SMILES string of the molecule is CCCN1CCc2c(sc(NC(=O)CCSc3ccc(OC)cc3)c2C(=O)OC)C1. The number of amides is 1. The Morgan fingerprint density at radius 3 is 2.67 bits per heavy atom. The Kier molecular flexibility index (Phi) is 8.18. The second-order valence-corrected chi connectivity index (χ2v) is 9.32. The number of carbonyl (C=O) groups excluding carboxylic acids is 2. The average molecular weight is 449 g/mol. The van der Waals surface area contributed by atoms with E-state index >= 15 is 0 Å². The minimum absolute atomic E-state index is 0.0924. The van der Waals surface area contributed by atoms with Crippen LogP contribution in [0.25, 0.3) is 0 Å². The number of benzene rings is 1. The third-order valence-electron chi connectivity index (χ3n) is 4.98. The summed E-state index contributed by atoms with van der Waals surface area (Å²) >= 11 is 3.12. The summed E-state index contributed by atoms with van der Waals surface area (Å²) in [7, 11) is 3.02. The first-order valence-corrected chi connectivity index (χ1v) is 11.9. The fraction of sp³-hybridized carbons (Fsp3) is 0.455. The molecule has 0 spiro atoms. The van der Waals surface area contributed by atoms with E-state index in [-0.39, 0.29) is 11.9 Å². The molecule has 0 unspecified atom stereocenters. The zero-order valence-corrected chi connectivity index (χ0v) is 19.3. The van der Waals surface area contributed by atoms with Crippen LogP contribution in [0.2, 0.25) is 0 Å². The van der Waals surface area contributed by atoms with Crippen molar-refractivity contribution >= 4 is 40.0 Å². The minimum Gasteiger partial charge on any atom is -0.497 e. The maximum absolute atomic E-state index is 12.5. The summed E-state index contributed by atoms with van der Waals surface area (Å²) in [6.45, 7) is 4.95. The van der Waals surface area contributed by atoms with Crippen molar-refractivity contribution < 1.29 is 19.1 Å². The van der Waals surface area contributed by atoms with E-state index < -0.39 is 0 Å². The van der Waals surface area contributed by atoms with Gasteiger partial charge in [-0.15, -0.1) is 23.1 Å². The highest BCUT2D eigenvalue weighted by molar-refractivity contribution is 7.99. The molecule has 2 aromatic rings. The van der Waals surface area contributed by atoms with Crippen molar-refractivity contribution in [2.45, 2.75) is 37.6 Å². The first-order chi connectivity index (χ1) is 14.5. The van der Waals surface area contributed by atoms with Gasteiger partial charge in [0.1, 0.15) is 10.8 Å². The van der Waals surface area contributed by atoms with Gasteiger partial charge in [-0.25, -0.2) is 4.79 Å². The molecular weight excluding hydrogens is 420 g/mol. The molecular formula is C22H28N2O4S2. The van der Waals surface area contributed by atoms with Crippen LogP contribution >= 0.6 is 23.1 Å². The predicted octanol–water partition coefficient (Wildman–Crippen LogP) is 4.43. The minimum atomic E-state index is -0.376. The lowest BCUT2D eigenvalue weighted by molar-refractivity contribution is -0.115. The van der Waals surface area contributed by atoms with Gasteiger partial charge in [0.05, 0.1) is 19.8 Å². The molecule has 0 fully saturated rings. The first-order valence-electron chi connectivity index (χ1n) is 10.1. The lowest BCUT2D eigenvalue weighted by Gasteiger charge is -2.26. The summed E-state index contributed by atoms with van der Waals surface area (Å²) < 4.78 is 10.2. The highest BCUT2D eigenvalue weighted by Gasteiger charge is 2.29. The molecule has 30 heavy (non-hydrogen) atoms. The molecule has 162 valence electrons. The quantitative estimate of drug-likeness (QED) is 0.452. The third-order valence-corrected chi connectivity index (χ3v) is 7.12. The van der Waals surface area contributed by atoms with Crippen molar-refractivity contribution in [1.82, 2.24) is 4.90 Å². The second-order valence-electron chi connectivity index (χ2n) is 7.05. The van der Waals surface area contributed by atoms with Crippen LogP contribution in [0.1, 0.15) is 40.6 Å². The summed E-state index contributed by atoms with van der Waals surface area (Å²) in [6, 6.07) is 7.77. The molecule has 2 heterocycles. The van der Waals surface area contributed by atoms with Gasteiger partial charge in [0.2, 0.25) is 5.91 Å². The Balaban J connectivity index is 1.63. The molecule has 0 bridgehead atoms. The Bertz CT molecular complexity index is 880. The Labute approximate surface area is 185 Å². The Morgan fingerprint density at radius 1 is 1.23 bits per heavy atom. The van der Waals surface area contributed by atoms with E-state index in [2.05, 4.69) is 17.1 Å². The van der Waals surface area contributed by atoms with Gasteiger partial charge in [-0.05, 0) is 49.2 Å². The van der Waals surface area contributed by atoms with Crippen molar-refractivity contribution in [2.75, 3.05) is 38.4 Å². The summed E-state index contributed by atoms with van der Waals surface area (Å²) in [4.78, 5) is 29.6. The van der Waals surface area contributed by atoms with Crippen molar-refractivity contribution in [3.63, 3.8) is 0 Å². The number of methoxy groups -OCH3 is 2. The van der Waals surface area contributed by atoms with Crippen molar-refractivity contribution in [1.29, 1.82) is 0 Å². The van der Waals surface area contributed by atoms with E-state index in [1.165, 1.54) is 18.4 Å². The summed E-state index contributed by atoms with van der Waals surface area (Å²) in [5.74, 6) is 0.997. The molecule has 1 N–H and O–H groups in total. The fourth-order valence-corrected chi connectivity index (χ4v) is 5.64. The van der Waals surface area contributed by atoms with Crippen LogP contribution in [0.3, 0.4) is 0 Å². The predicted molar refractivity (Wildman–Crippen MR) is 122 cm³/mol. The number of hydrogen-bond donors (Lipinski definition) is 1. The highest BCUT2D eigenvalue weighted by Crippen LogP contribution is 2.37. The number of thiophene rings is 1. The molecule has 0 saturated heterocycles. The molecule has 1 amide bonds. The van der Waals surface area contributed by atoms with E-state index in [0.29, 0.717) is 22.7 Å². The molecule has 8 heteroatoms. The summed E-state index contributed by atoms with van der Waals surface area (Å²) in [5.41, 5.74) is 1.56. The number of nitrogens with one attached hydrogen (secondary N) is 1. The number of rotatable bonds is 9. The summed E-state index contributed by atoms with van der Waals surface area (Å²) in [5, 5.41) is 3.58. The van der Waals surface area contributed by atoms with E-state index in [0.717, 1.165) is 53.6 Å². The first kappa shape index (κ1) is 22.7. The van der Waals surface area contributed by atoms with Gasteiger partial charge < -0.3 is 14.8 Å². The largest absolute Gasteiger partial charge is 0.497 e. The van der Waals surface area contributed by atoms with Crippen molar-refractivity contribution in [3.05, 3.63) is 40.3 Å². The van der Waals surface area contributed by atoms with Crippen molar-refractivity contribution in [3.8, 4) is 5.75 Å².